The Bertz CT molecular complexity index is 1200. The van der Waals surface area contributed by atoms with Crippen molar-refractivity contribution in [3.8, 4) is 11.5 Å². The maximum absolute atomic E-state index is 13.1. The lowest BCUT2D eigenvalue weighted by Crippen LogP contribution is -2.31. The molecule has 1 aliphatic heterocycles. The Hall–Kier alpha value is -3.90. The number of nitrogens with zero attached hydrogens (tertiary/aromatic N) is 1. The van der Waals surface area contributed by atoms with Crippen LogP contribution in [0.2, 0.25) is 0 Å². The van der Waals surface area contributed by atoms with Crippen molar-refractivity contribution in [3.05, 3.63) is 101 Å². The summed E-state index contributed by atoms with van der Waals surface area (Å²) >= 11 is 0. The van der Waals surface area contributed by atoms with Gasteiger partial charge in [0.1, 0.15) is 17.3 Å². The fraction of sp³-hybridized carbons (Fsp3) is 0.214. The number of ketones is 1. The monoisotopic (exact) mass is 457 g/mol. The minimum Gasteiger partial charge on any atom is -0.507 e. The topological polar surface area (TPSA) is 76.1 Å². The number of ether oxygens (including phenoxy) is 2. The molecule has 1 amide bonds. The molecule has 0 aromatic heterocycles. The van der Waals surface area contributed by atoms with Crippen LogP contribution in [0.1, 0.15) is 29.2 Å². The second-order valence-electron chi connectivity index (χ2n) is 8.19. The van der Waals surface area contributed by atoms with Crippen LogP contribution in [0.25, 0.3) is 5.76 Å². The van der Waals surface area contributed by atoms with Gasteiger partial charge in [-0.05, 0) is 43.2 Å². The van der Waals surface area contributed by atoms with Crippen LogP contribution in [0.5, 0.6) is 11.5 Å². The van der Waals surface area contributed by atoms with Crippen molar-refractivity contribution in [2.75, 3.05) is 20.3 Å². The lowest BCUT2D eigenvalue weighted by Gasteiger charge is -2.25. The van der Waals surface area contributed by atoms with E-state index in [1.54, 1.807) is 25.3 Å². The number of benzene rings is 3. The van der Waals surface area contributed by atoms with Crippen LogP contribution in [-0.2, 0) is 14.3 Å². The lowest BCUT2D eigenvalue weighted by molar-refractivity contribution is -0.140. The van der Waals surface area contributed by atoms with Crippen LogP contribution < -0.4 is 4.74 Å². The molecule has 0 radical (unpaired) electrons. The average molecular weight is 458 g/mol. The largest absolute Gasteiger partial charge is 0.507 e. The van der Waals surface area contributed by atoms with Crippen molar-refractivity contribution in [1.82, 2.24) is 4.90 Å². The number of carbonyl (C=O) groups is 2. The van der Waals surface area contributed by atoms with Crippen LogP contribution in [-0.4, -0.2) is 42.0 Å². The predicted octanol–water partition coefficient (Wildman–Crippen LogP) is 5.25. The molecule has 1 N–H and O–H groups in total. The Labute approximate surface area is 199 Å². The van der Waals surface area contributed by atoms with E-state index in [-0.39, 0.29) is 11.3 Å². The molecule has 0 aliphatic carbocycles. The highest BCUT2D eigenvalue weighted by atomic mass is 16.5. The van der Waals surface area contributed by atoms with Gasteiger partial charge in [0.25, 0.3) is 11.7 Å². The number of aliphatic hydroxyl groups is 1. The third-order valence-electron chi connectivity index (χ3n) is 5.77. The summed E-state index contributed by atoms with van der Waals surface area (Å²) in [4.78, 5) is 27.6. The van der Waals surface area contributed by atoms with Crippen molar-refractivity contribution in [2.24, 2.45) is 0 Å². The van der Waals surface area contributed by atoms with Gasteiger partial charge in [-0.3, -0.25) is 9.59 Å². The summed E-state index contributed by atoms with van der Waals surface area (Å²) in [5.74, 6) is -0.277. The molecular formula is C28H27NO5. The van der Waals surface area contributed by atoms with E-state index in [0.717, 1.165) is 5.56 Å². The average Bonchev–Trinajstić information content (AvgIpc) is 3.10. The number of hydrogen-bond acceptors (Lipinski definition) is 5. The molecule has 0 unspecified atom stereocenters. The maximum atomic E-state index is 13.1. The number of hydrogen-bond donors (Lipinski definition) is 1. The highest BCUT2D eigenvalue weighted by Gasteiger charge is 2.45. The Morgan fingerprint density at radius 1 is 0.941 bits per heavy atom. The zero-order valence-electron chi connectivity index (χ0n) is 19.2. The molecule has 0 spiro atoms. The molecule has 1 heterocycles. The molecule has 1 saturated heterocycles. The summed E-state index contributed by atoms with van der Waals surface area (Å²) in [6.45, 7) is 2.71. The predicted molar refractivity (Wildman–Crippen MR) is 130 cm³/mol. The molecule has 0 bridgehead atoms. The Balaban J connectivity index is 1.78. The van der Waals surface area contributed by atoms with Gasteiger partial charge in [0, 0.05) is 25.8 Å². The molecule has 0 saturated carbocycles. The van der Waals surface area contributed by atoms with Crippen molar-refractivity contribution in [1.29, 1.82) is 0 Å². The number of likely N-dealkylation sites (tertiary alicyclic amines) is 1. The lowest BCUT2D eigenvalue weighted by atomic mass is 9.95. The fourth-order valence-corrected chi connectivity index (χ4v) is 4.08. The van der Waals surface area contributed by atoms with Crippen LogP contribution >= 0.6 is 0 Å². The fourth-order valence-electron chi connectivity index (χ4n) is 4.08. The van der Waals surface area contributed by atoms with Gasteiger partial charge < -0.3 is 19.5 Å². The van der Waals surface area contributed by atoms with E-state index in [4.69, 9.17) is 9.47 Å². The first-order chi connectivity index (χ1) is 16.5. The summed E-state index contributed by atoms with van der Waals surface area (Å²) in [6.07, 6.45) is 0.560. The number of carbonyl (C=O) groups excluding carboxylic acids is 2. The molecule has 3 aromatic rings. The summed E-state index contributed by atoms with van der Waals surface area (Å²) in [7, 11) is 1.59. The summed E-state index contributed by atoms with van der Waals surface area (Å²) < 4.78 is 11.1. The van der Waals surface area contributed by atoms with E-state index in [9.17, 15) is 14.7 Å². The highest BCUT2D eigenvalue weighted by Crippen LogP contribution is 2.40. The third-order valence-corrected chi connectivity index (χ3v) is 5.77. The molecule has 1 aliphatic rings. The van der Waals surface area contributed by atoms with Gasteiger partial charge in [-0.2, -0.15) is 0 Å². The van der Waals surface area contributed by atoms with E-state index in [1.807, 2.05) is 67.6 Å². The van der Waals surface area contributed by atoms with E-state index >= 15 is 0 Å². The first-order valence-electron chi connectivity index (χ1n) is 11.2. The normalized spacial score (nSPS) is 17.2. The number of aliphatic hydroxyl groups excluding tert-OH is 1. The molecule has 174 valence electrons. The number of aryl methyl sites for hydroxylation is 1. The van der Waals surface area contributed by atoms with Crippen LogP contribution in [0.4, 0.5) is 0 Å². The van der Waals surface area contributed by atoms with Gasteiger partial charge >= 0.3 is 0 Å². The summed E-state index contributed by atoms with van der Waals surface area (Å²) in [5, 5.41) is 11.1. The molecule has 4 rings (SSSR count). The Morgan fingerprint density at radius 2 is 1.65 bits per heavy atom. The van der Waals surface area contributed by atoms with Gasteiger partial charge in [-0.15, -0.1) is 0 Å². The maximum Gasteiger partial charge on any atom is 0.295 e. The first kappa shape index (κ1) is 23.3. The number of rotatable bonds is 8. The number of methoxy groups -OCH3 is 1. The standard InChI is InChI=1S/C28H27NO5/c1-19-12-14-20(15-13-19)26(30)24-25(29(16-7-17-33-2)28(32)27(24)31)21-8-6-11-23(18-21)34-22-9-4-3-5-10-22/h3-6,8-15,18,25,30H,7,16-17H2,1-2H3/t25-/m1/s1. The van der Waals surface area contributed by atoms with E-state index in [2.05, 4.69) is 0 Å². The van der Waals surface area contributed by atoms with Crippen molar-refractivity contribution in [3.63, 3.8) is 0 Å². The molecule has 1 fully saturated rings. The van der Waals surface area contributed by atoms with Gasteiger partial charge in [-0.25, -0.2) is 0 Å². The summed E-state index contributed by atoms with van der Waals surface area (Å²) in [6, 6.07) is 23.1. The smallest absolute Gasteiger partial charge is 0.295 e. The second kappa shape index (κ2) is 10.4. The van der Waals surface area contributed by atoms with Crippen molar-refractivity contribution < 1.29 is 24.2 Å². The minimum atomic E-state index is -0.738. The number of Topliss-reactive ketones (excluding diaryl/α,β-unsaturated/α-hetero) is 1. The van der Waals surface area contributed by atoms with Crippen LogP contribution in [0, 0.1) is 6.92 Å². The van der Waals surface area contributed by atoms with E-state index < -0.39 is 17.7 Å². The SMILES string of the molecule is COCCCN1C(=O)C(=O)C(=C(O)c2ccc(C)cc2)[C@H]1c1cccc(Oc2ccccc2)c1. The quantitative estimate of drug-likeness (QED) is 0.217. The molecule has 3 aromatic carbocycles. The van der Waals surface area contributed by atoms with Gasteiger partial charge in [0.05, 0.1) is 11.6 Å². The first-order valence-corrected chi connectivity index (χ1v) is 11.2. The third kappa shape index (κ3) is 4.87. The van der Waals surface area contributed by atoms with Crippen molar-refractivity contribution in [2.45, 2.75) is 19.4 Å². The second-order valence-corrected chi connectivity index (χ2v) is 8.19. The Kier molecular flexibility index (Phi) is 7.09. The molecule has 6 heteroatoms. The van der Waals surface area contributed by atoms with Crippen molar-refractivity contribution >= 4 is 17.4 Å². The summed E-state index contributed by atoms with van der Waals surface area (Å²) in [5.41, 5.74) is 2.27. The molecule has 34 heavy (non-hydrogen) atoms. The van der Waals surface area contributed by atoms with Crippen LogP contribution in [0.15, 0.2) is 84.4 Å². The highest BCUT2D eigenvalue weighted by molar-refractivity contribution is 6.46. The zero-order valence-corrected chi connectivity index (χ0v) is 19.2. The minimum absolute atomic E-state index is 0.0723. The van der Waals surface area contributed by atoms with E-state index in [1.165, 1.54) is 4.90 Å². The molecule has 6 nitrogen and oxygen atoms in total. The number of para-hydroxylation sites is 1. The van der Waals surface area contributed by atoms with Gasteiger partial charge in [0.2, 0.25) is 0 Å². The molecule has 1 atom stereocenters. The zero-order chi connectivity index (χ0) is 24.1. The van der Waals surface area contributed by atoms with Gasteiger partial charge in [-0.1, -0.05) is 60.2 Å². The number of amides is 1. The Morgan fingerprint density at radius 3 is 2.35 bits per heavy atom. The van der Waals surface area contributed by atoms with E-state index in [0.29, 0.717) is 42.2 Å². The molecular weight excluding hydrogens is 430 g/mol. The van der Waals surface area contributed by atoms with Crippen LogP contribution in [0.3, 0.4) is 0 Å². The van der Waals surface area contributed by atoms with Gasteiger partial charge in [0.15, 0.2) is 0 Å².